The zero-order valence-electron chi connectivity index (χ0n) is 11.6. The highest BCUT2D eigenvalue weighted by Crippen LogP contribution is 2.16. The first-order chi connectivity index (χ1) is 10.5. The fraction of sp³-hybridized carbons (Fsp3) is 0.0588. The van der Waals surface area contributed by atoms with Gasteiger partial charge in [0, 0.05) is 10.0 Å². The summed E-state index contributed by atoms with van der Waals surface area (Å²) in [4.78, 5) is 20.6. The maximum Gasteiger partial charge on any atom is 0.154 e. The minimum atomic E-state index is -0.523. The summed E-state index contributed by atoms with van der Waals surface area (Å²) in [6.07, 6.45) is 0.967. The molecule has 22 heavy (non-hydrogen) atoms. The van der Waals surface area contributed by atoms with E-state index >= 15 is 0 Å². The van der Waals surface area contributed by atoms with Gasteiger partial charge in [0.15, 0.2) is 12.6 Å². The number of carbonyl (C=O) groups is 2. The first kappa shape index (κ1) is 17.7. The van der Waals surface area contributed by atoms with Crippen molar-refractivity contribution in [2.75, 3.05) is 0 Å². The SMILES string of the molecule is CC#Cc1cccc(F)c1C=O.O=Cc1c(F)cccc1Br. The normalized spacial score (nSPS) is 8.91. The molecule has 2 aromatic rings. The van der Waals surface area contributed by atoms with Gasteiger partial charge < -0.3 is 0 Å². The Morgan fingerprint density at radius 2 is 1.50 bits per heavy atom. The Bertz CT molecular complexity index is 726. The van der Waals surface area contributed by atoms with Crippen LogP contribution in [0.15, 0.2) is 40.9 Å². The summed E-state index contributed by atoms with van der Waals surface area (Å²) in [5.41, 5.74) is 0.543. The molecule has 112 valence electrons. The molecule has 0 bridgehead atoms. The molecule has 0 saturated heterocycles. The van der Waals surface area contributed by atoms with Crippen molar-refractivity contribution in [1.82, 2.24) is 0 Å². The van der Waals surface area contributed by atoms with Crippen LogP contribution < -0.4 is 0 Å². The third-order valence-corrected chi connectivity index (χ3v) is 3.24. The molecule has 0 saturated carbocycles. The van der Waals surface area contributed by atoms with Crippen LogP contribution in [0.1, 0.15) is 33.2 Å². The van der Waals surface area contributed by atoms with Crippen molar-refractivity contribution >= 4 is 28.5 Å². The maximum absolute atomic E-state index is 12.9. The van der Waals surface area contributed by atoms with Gasteiger partial charge in [0.2, 0.25) is 0 Å². The van der Waals surface area contributed by atoms with Gasteiger partial charge in [-0.25, -0.2) is 8.78 Å². The van der Waals surface area contributed by atoms with Crippen molar-refractivity contribution in [2.45, 2.75) is 6.92 Å². The van der Waals surface area contributed by atoms with E-state index in [9.17, 15) is 18.4 Å². The molecule has 2 rings (SSSR count). The second-order valence-electron chi connectivity index (χ2n) is 3.95. The lowest BCUT2D eigenvalue weighted by atomic mass is 10.1. The Morgan fingerprint density at radius 3 is 1.95 bits per heavy atom. The Morgan fingerprint density at radius 1 is 0.955 bits per heavy atom. The lowest BCUT2D eigenvalue weighted by molar-refractivity contribution is 0.111. The van der Waals surface area contributed by atoms with Crippen LogP contribution in [0.5, 0.6) is 0 Å². The average Bonchev–Trinajstić information content (AvgIpc) is 2.49. The predicted octanol–water partition coefficient (Wildman–Crippen LogP) is 4.41. The summed E-state index contributed by atoms with van der Waals surface area (Å²) in [5.74, 6) is 4.24. The van der Waals surface area contributed by atoms with Crippen LogP contribution in [-0.2, 0) is 0 Å². The van der Waals surface area contributed by atoms with Crippen LogP contribution >= 0.6 is 15.9 Å². The van der Waals surface area contributed by atoms with E-state index in [1.54, 1.807) is 19.1 Å². The number of halogens is 3. The molecule has 0 heterocycles. The smallest absolute Gasteiger partial charge is 0.154 e. The van der Waals surface area contributed by atoms with Crippen LogP contribution in [0.2, 0.25) is 0 Å². The van der Waals surface area contributed by atoms with Gasteiger partial charge in [0.05, 0.1) is 11.1 Å². The Balaban J connectivity index is 0.000000224. The van der Waals surface area contributed by atoms with E-state index in [0.29, 0.717) is 22.6 Å². The Labute approximate surface area is 135 Å². The van der Waals surface area contributed by atoms with Crippen molar-refractivity contribution in [2.24, 2.45) is 0 Å². The van der Waals surface area contributed by atoms with Crippen LogP contribution in [0, 0.1) is 23.5 Å². The van der Waals surface area contributed by atoms with Gasteiger partial charge in [-0.3, -0.25) is 9.59 Å². The van der Waals surface area contributed by atoms with Gasteiger partial charge >= 0.3 is 0 Å². The second-order valence-corrected chi connectivity index (χ2v) is 4.80. The molecule has 2 aromatic carbocycles. The number of carbonyl (C=O) groups excluding carboxylic acids is 2. The first-order valence-electron chi connectivity index (χ1n) is 6.10. The standard InChI is InChI=1S/C10H7FO.C7H4BrFO/c1-2-4-8-5-3-6-10(11)9(8)7-12;8-6-2-1-3-7(9)5(6)4-10/h3,5-7H,1H3;1-4H. The lowest BCUT2D eigenvalue weighted by Crippen LogP contribution is -1.91. The highest BCUT2D eigenvalue weighted by Gasteiger charge is 2.04. The first-order valence-corrected chi connectivity index (χ1v) is 6.90. The van der Waals surface area contributed by atoms with Crippen molar-refractivity contribution in [1.29, 1.82) is 0 Å². The third-order valence-electron chi connectivity index (χ3n) is 2.55. The molecule has 0 aliphatic carbocycles. The third kappa shape index (κ3) is 4.61. The topological polar surface area (TPSA) is 34.1 Å². The van der Waals surface area contributed by atoms with Gasteiger partial charge in [-0.1, -0.05) is 18.1 Å². The summed E-state index contributed by atoms with van der Waals surface area (Å²) in [6.45, 7) is 1.64. The minimum absolute atomic E-state index is 0.0341. The number of hydrogen-bond donors (Lipinski definition) is 0. The number of hydrogen-bond acceptors (Lipinski definition) is 2. The van der Waals surface area contributed by atoms with E-state index in [0.717, 1.165) is 0 Å². The lowest BCUT2D eigenvalue weighted by Gasteiger charge is -1.96. The van der Waals surface area contributed by atoms with E-state index in [2.05, 4.69) is 27.8 Å². The van der Waals surface area contributed by atoms with Crippen LogP contribution in [0.3, 0.4) is 0 Å². The molecular formula is C17H11BrF2O2. The number of benzene rings is 2. The van der Waals surface area contributed by atoms with Crippen molar-refractivity contribution in [3.05, 3.63) is 69.2 Å². The summed E-state index contributed by atoms with van der Waals surface area (Å²) in [6, 6.07) is 8.78. The van der Waals surface area contributed by atoms with Gasteiger partial charge in [-0.15, -0.1) is 5.92 Å². The predicted molar refractivity (Wildman–Crippen MR) is 83.8 cm³/mol. The zero-order chi connectivity index (χ0) is 16.5. The van der Waals surface area contributed by atoms with E-state index in [1.165, 1.54) is 24.3 Å². The second kappa shape index (κ2) is 8.85. The summed E-state index contributed by atoms with van der Waals surface area (Å²) < 4.78 is 26.0. The van der Waals surface area contributed by atoms with E-state index in [4.69, 9.17) is 0 Å². The monoisotopic (exact) mass is 364 g/mol. The minimum Gasteiger partial charge on any atom is -0.298 e. The fourth-order valence-corrected chi connectivity index (χ4v) is 1.96. The Kier molecular flexibility index (Phi) is 7.14. The summed E-state index contributed by atoms with van der Waals surface area (Å²) in [7, 11) is 0. The molecule has 0 aliphatic rings. The van der Waals surface area contributed by atoms with E-state index < -0.39 is 11.6 Å². The van der Waals surface area contributed by atoms with Gasteiger partial charge in [0.1, 0.15) is 11.6 Å². The van der Waals surface area contributed by atoms with E-state index in [1.807, 2.05) is 0 Å². The average molecular weight is 365 g/mol. The highest BCUT2D eigenvalue weighted by atomic mass is 79.9. The van der Waals surface area contributed by atoms with Crippen LogP contribution in [0.4, 0.5) is 8.78 Å². The highest BCUT2D eigenvalue weighted by molar-refractivity contribution is 9.10. The fourth-order valence-electron chi connectivity index (χ4n) is 1.52. The molecule has 0 amide bonds. The van der Waals surface area contributed by atoms with Crippen molar-refractivity contribution < 1.29 is 18.4 Å². The molecule has 0 radical (unpaired) electrons. The molecule has 0 unspecified atom stereocenters. The van der Waals surface area contributed by atoms with Crippen LogP contribution in [0.25, 0.3) is 0 Å². The molecule has 0 spiro atoms. The van der Waals surface area contributed by atoms with Gasteiger partial charge in [0.25, 0.3) is 0 Å². The van der Waals surface area contributed by atoms with Crippen molar-refractivity contribution in [3.63, 3.8) is 0 Å². The molecule has 0 aromatic heterocycles. The number of aldehydes is 2. The van der Waals surface area contributed by atoms with Gasteiger partial charge in [-0.05, 0) is 47.1 Å². The molecule has 2 nitrogen and oxygen atoms in total. The molecule has 0 atom stereocenters. The van der Waals surface area contributed by atoms with Gasteiger partial charge in [-0.2, -0.15) is 0 Å². The molecule has 5 heteroatoms. The van der Waals surface area contributed by atoms with E-state index in [-0.39, 0.29) is 11.1 Å². The van der Waals surface area contributed by atoms with Crippen LogP contribution in [-0.4, -0.2) is 12.6 Å². The summed E-state index contributed by atoms with van der Waals surface area (Å²) >= 11 is 3.04. The molecule has 0 aliphatic heterocycles. The quantitative estimate of drug-likeness (QED) is 0.584. The molecular weight excluding hydrogens is 354 g/mol. The maximum atomic E-state index is 12.9. The molecule has 0 fully saturated rings. The zero-order valence-corrected chi connectivity index (χ0v) is 13.2. The Hall–Kier alpha value is -2.32. The summed E-state index contributed by atoms with van der Waals surface area (Å²) in [5, 5.41) is 0. The molecule has 0 N–H and O–H groups in total. The number of rotatable bonds is 2. The van der Waals surface area contributed by atoms with Crippen molar-refractivity contribution in [3.8, 4) is 11.8 Å². The largest absolute Gasteiger partial charge is 0.298 e.